The number of carboxylic acid groups (broad SMARTS) is 1. The van der Waals surface area contributed by atoms with Gasteiger partial charge in [0.25, 0.3) is 0 Å². The lowest BCUT2D eigenvalue weighted by Gasteiger charge is -2.25. The zero-order chi connectivity index (χ0) is 22.6. The van der Waals surface area contributed by atoms with Crippen molar-refractivity contribution in [2.75, 3.05) is 25.1 Å². The smallest absolute Gasteiger partial charge is 0.412 e. The number of carbonyl (C=O) groups excluding carboxylic acids is 1. The van der Waals surface area contributed by atoms with E-state index in [2.05, 4.69) is 5.32 Å². The van der Waals surface area contributed by atoms with Crippen molar-refractivity contribution in [1.82, 2.24) is 0 Å². The molecule has 2 rings (SSSR count). The number of carbonyl (C=O) groups is 2. The molecule has 0 aliphatic rings. The van der Waals surface area contributed by atoms with Gasteiger partial charge in [-0.05, 0) is 49.8 Å². The first kappa shape index (κ1) is 23.9. The number of rotatable bonds is 11. The second-order valence-electron chi connectivity index (χ2n) is 6.58. The summed E-state index contributed by atoms with van der Waals surface area (Å²) in [6.45, 7) is 4.02. The summed E-state index contributed by atoms with van der Waals surface area (Å²) >= 11 is 0. The first-order valence-electron chi connectivity index (χ1n) is 9.83. The summed E-state index contributed by atoms with van der Waals surface area (Å²) in [7, 11) is 0. The average molecular weight is 429 g/mol. The van der Waals surface area contributed by atoms with Crippen LogP contribution in [-0.4, -0.2) is 48.2 Å². The van der Waals surface area contributed by atoms with E-state index < -0.39 is 24.3 Å². The number of aryl methyl sites for hydroxylation is 1. The second-order valence-corrected chi connectivity index (χ2v) is 6.58. The Morgan fingerprint density at radius 2 is 1.77 bits per heavy atom. The Bertz CT molecular complexity index is 862. The van der Waals surface area contributed by atoms with Crippen molar-refractivity contribution < 1.29 is 34.0 Å². The van der Waals surface area contributed by atoms with E-state index in [0.717, 1.165) is 11.6 Å². The molecule has 31 heavy (non-hydrogen) atoms. The van der Waals surface area contributed by atoms with Crippen LogP contribution in [0.15, 0.2) is 60.7 Å². The lowest BCUT2D eigenvalue weighted by Crippen LogP contribution is -2.27. The highest BCUT2D eigenvalue weighted by Gasteiger charge is 2.26. The molecule has 8 nitrogen and oxygen atoms in total. The molecule has 0 aliphatic carbocycles. The van der Waals surface area contributed by atoms with Crippen LogP contribution in [0, 0.1) is 6.92 Å². The van der Waals surface area contributed by atoms with Crippen LogP contribution >= 0.6 is 0 Å². The van der Waals surface area contributed by atoms with E-state index in [-0.39, 0.29) is 19.8 Å². The molecule has 2 aromatic carbocycles. The molecule has 8 heteroatoms. The fourth-order valence-corrected chi connectivity index (χ4v) is 2.76. The van der Waals surface area contributed by atoms with E-state index in [0.29, 0.717) is 17.0 Å². The minimum absolute atomic E-state index is 0.112. The molecule has 0 saturated carbocycles. The molecule has 1 amide bonds. The van der Waals surface area contributed by atoms with Gasteiger partial charge in [0.1, 0.15) is 18.5 Å². The normalized spacial score (nSPS) is 12.9. The number of aliphatic carboxylic acids is 1. The predicted octanol–water partition coefficient (Wildman–Crippen LogP) is 3.70. The summed E-state index contributed by atoms with van der Waals surface area (Å²) in [4.78, 5) is 23.6. The summed E-state index contributed by atoms with van der Waals surface area (Å²) in [5, 5.41) is 20.5. The Balaban J connectivity index is 2.25. The lowest BCUT2D eigenvalue weighted by atomic mass is 10.0. The minimum Gasteiger partial charge on any atom is -0.491 e. The van der Waals surface area contributed by atoms with Gasteiger partial charge in [-0.3, -0.25) is 5.32 Å². The number of carboxylic acids is 1. The van der Waals surface area contributed by atoms with E-state index in [1.165, 1.54) is 6.08 Å². The largest absolute Gasteiger partial charge is 0.491 e. The third kappa shape index (κ3) is 8.12. The number of benzene rings is 2. The molecule has 0 fully saturated rings. The molecule has 0 saturated heterocycles. The molecule has 2 aromatic rings. The van der Waals surface area contributed by atoms with E-state index >= 15 is 0 Å². The van der Waals surface area contributed by atoms with Gasteiger partial charge in [0.2, 0.25) is 0 Å². The molecule has 0 unspecified atom stereocenters. The van der Waals surface area contributed by atoms with Crippen LogP contribution in [0.3, 0.4) is 0 Å². The van der Waals surface area contributed by atoms with Gasteiger partial charge in [0.15, 0.2) is 6.10 Å². The van der Waals surface area contributed by atoms with E-state index in [4.69, 9.17) is 24.4 Å². The zero-order valence-electron chi connectivity index (χ0n) is 17.5. The molecule has 0 aliphatic heterocycles. The van der Waals surface area contributed by atoms with Crippen LogP contribution in [0.25, 0.3) is 0 Å². The van der Waals surface area contributed by atoms with E-state index in [1.807, 2.05) is 19.1 Å². The van der Waals surface area contributed by atoms with Crippen molar-refractivity contribution in [3.8, 4) is 5.75 Å². The highest BCUT2D eigenvalue weighted by molar-refractivity contribution is 5.84. The quantitative estimate of drug-likeness (QED) is 0.467. The van der Waals surface area contributed by atoms with Crippen molar-refractivity contribution in [3.05, 3.63) is 71.8 Å². The van der Waals surface area contributed by atoms with Gasteiger partial charge >= 0.3 is 12.1 Å². The molecule has 0 spiro atoms. The number of hydrogen-bond donors (Lipinski definition) is 3. The lowest BCUT2D eigenvalue weighted by molar-refractivity contribution is -0.131. The van der Waals surface area contributed by atoms with Crippen LogP contribution < -0.4 is 10.1 Å². The Morgan fingerprint density at radius 1 is 1.10 bits per heavy atom. The van der Waals surface area contributed by atoms with Gasteiger partial charge in [0.05, 0.1) is 6.61 Å². The van der Waals surface area contributed by atoms with E-state index in [9.17, 15) is 9.59 Å². The van der Waals surface area contributed by atoms with Crippen LogP contribution in [0.5, 0.6) is 5.75 Å². The molecule has 0 radical (unpaired) electrons. The van der Waals surface area contributed by atoms with Crippen LogP contribution in [0.1, 0.15) is 24.2 Å². The number of hydrogen-bond acceptors (Lipinski definition) is 6. The zero-order valence-corrected chi connectivity index (χ0v) is 17.5. The predicted molar refractivity (Wildman–Crippen MR) is 115 cm³/mol. The summed E-state index contributed by atoms with van der Waals surface area (Å²) in [6.07, 6.45) is -0.149. The summed E-state index contributed by atoms with van der Waals surface area (Å²) in [5.41, 5.74) is 2.20. The Morgan fingerprint density at radius 3 is 2.35 bits per heavy atom. The highest BCUT2D eigenvalue weighted by Crippen LogP contribution is 2.27. The number of nitrogens with one attached hydrogen (secondary N) is 1. The van der Waals surface area contributed by atoms with Crippen molar-refractivity contribution >= 4 is 17.7 Å². The summed E-state index contributed by atoms with van der Waals surface area (Å²) in [5.74, 6) is -0.602. The molecule has 0 bridgehead atoms. The highest BCUT2D eigenvalue weighted by atomic mass is 16.6. The Hall–Kier alpha value is -3.36. The number of ether oxygens (including phenoxy) is 3. The SMILES string of the molecule is CCO[C@@H](/C=C/C(=O)O)[C@@H](OC(=O)Nc1ccc(C)cc1)c1ccc(OCCO)cc1. The average Bonchev–Trinajstić information content (AvgIpc) is 2.75. The fourth-order valence-electron chi connectivity index (χ4n) is 2.76. The first-order chi connectivity index (χ1) is 14.9. The van der Waals surface area contributed by atoms with Crippen LogP contribution in [0.2, 0.25) is 0 Å². The van der Waals surface area contributed by atoms with Gasteiger partial charge in [-0.25, -0.2) is 9.59 Å². The van der Waals surface area contributed by atoms with Gasteiger partial charge in [-0.1, -0.05) is 29.8 Å². The summed E-state index contributed by atoms with van der Waals surface area (Å²) < 4.78 is 16.6. The summed E-state index contributed by atoms with van der Waals surface area (Å²) in [6, 6.07) is 13.9. The van der Waals surface area contributed by atoms with Crippen molar-refractivity contribution in [2.45, 2.75) is 26.1 Å². The van der Waals surface area contributed by atoms with Crippen molar-refractivity contribution in [2.24, 2.45) is 0 Å². The van der Waals surface area contributed by atoms with E-state index in [1.54, 1.807) is 43.3 Å². The first-order valence-corrected chi connectivity index (χ1v) is 9.83. The van der Waals surface area contributed by atoms with Gasteiger partial charge in [-0.2, -0.15) is 0 Å². The molecule has 0 heterocycles. The second kappa shape index (κ2) is 12.4. The van der Waals surface area contributed by atoms with Crippen LogP contribution in [0.4, 0.5) is 10.5 Å². The molecule has 0 aromatic heterocycles. The van der Waals surface area contributed by atoms with Gasteiger partial charge < -0.3 is 24.4 Å². The molecule has 166 valence electrons. The molecular formula is C23H27NO7. The third-order valence-electron chi connectivity index (χ3n) is 4.19. The Labute approximate surface area is 181 Å². The number of amides is 1. The maximum Gasteiger partial charge on any atom is 0.412 e. The standard InChI is InChI=1S/C23H27NO7/c1-3-29-20(12-13-21(26)27)22(17-6-10-19(11-7-17)30-15-14-25)31-23(28)24-18-8-4-16(2)5-9-18/h4-13,20,22,25H,3,14-15H2,1-2H3,(H,24,28)(H,26,27)/b13-12+/t20-,22-/m0/s1. The molecular weight excluding hydrogens is 402 g/mol. The minimum atomic E-state index is -1.14. The topological polar surface area (TPSA) is 114 Å². The number of anilines is 1. The van der Waals surface area contributed by atoms with Crippen molar-refractivity contribution in [3.63, 3.8) is 0 Å². The fraction of sp³-hybridized carbons (Fsp3) is 0.304. The monoisotopic (exact) mass is 429 g/mol. The number of aliphatic hydroxyl groups is 1. The third-order valence-corrected chi connectivity index (χ3v) is 4.19. The van der Waals surface area contributed by atoms with Gasteiger partial charge in [0, 0.05) is 18.4 Å². The maximum atomic E-state index is 12.6. The Kier molecular flexibility index (Phi) is 9.54. The maximum absolute atomic E-state index is 12.6. The van der Waals surface area contributed by atoms with Gasteiger partial charge in [-0.15, -0.1) is 0 Å². The number of aliphatic hydroxyl groups excluding tert-OH is 1. The molecule has 3 N–H and O–H groups in total. The van der Waals surface area contributed by atoms with Crippen molar-refractivity contribution in [1.29, 1.82) is 0 Å². The van der Waals surface area contributed by atoms with Crippen LogP contribution in [-0.2, 0) is 14.3 Å². The molecule has 2 atom stereocenters.